The van der Waals surface area contributed by atoms with E-state index >= 15 is 0 Å². The molecule has 19 heavy (non-hydrogen) atoms. The third-order valence-electron chi connectivity index (χ3n) is 3.51. The van der Waals surface area contributed by atoms with Gasteiger partial charge in [-0.15, -0.1) is 0 Å². The van der Waals surface area contributed by atoms with E-state index in [-0.39, 0.29) is 25.0 Å². The number of aliphatic carboxylic acids is 1. The largest absolute Gasteiger partial charge is 0.480 e. The molecule has 1 aliphatic heterocycles. The maximum atomic E-state index is 12.3. The molecule has 0 spiro atoms. The molecule has 1 saturated heterocycles. The van der Waals surface area contributed by atoms with E-state index in [0.29, 0.717) is 0 Å². The highest BCUT2D eigenvalue weighted by molar-refractivity contribution is 7.98. The first-order valence-electron chi connectivity index (χ1n) is 6.31. The first kappa shape index (κ1) is 16.1. The van der Waals surface area contributed by atoms with Gasteiger partial charge in [-0.25, -0.2) is 9.59 Å². The van der Waals surface area contributed by atoms with Gasteiger partial charge in [-0.1, -0.05) is 0 Å². The standard InChI is InChI=1S/C12H22N2O4S/c1-8(4-5-19-3)13(2)12(18)14-7-9(15)6-10(14)11(16)17/h8-10,15H,4-7H2,1-3H3,(H,16,17)/t8?,9-,10-/m0/s1. The van der Waals surface area contributed by atoms with Gasteiger partial charge >= 0.3 is 12.0 Å². The predicted octanol–water partition coefficient (Wildman–Crippen LogP) is 0.700. The Balaban J connectivity index is 2.67. The maximum Gasteiger partial charge on any atom is 0.326 e. The molecular formula is C12H22N2O4S. The molecule has 1 aliphatic rings. The molecule has 2 N–H and O–H groups in total. The Morgan fingerprint density at radius 2 is 2.16 bits per heavy atom. The highest BCUT2D eigenvalue weighted by Crippen LogP contribution is 2.21. The second kappa shape index (κ2) is 7.00. The third kappa shape index (κ3) is 4.01. The summed E-state index contributed by atoms with van der Waals surface area (Å²) in [6.45, 7) is 2.03. The van der Waals surface area contributed by atoms with Crippen molar-refractivity contribution in [2.75, 3.05) is 25.6 Å². The lowest BCUT2D eigenvalue weighted by atomic mass is 10.2. The lowest BCUT2D eigenvalue weighted by molar-refractivity contribution is -0.141. The summed E-state index contributed by atoms with van der Waals surface area (Å²) < 4.78 is 0. The van der Waals surface area contributed by atoms with Gasteiger partial charge in [0.05, 0.1) is 6.10 Å². The van der Waals surface area contributed by atoms with Crippen LogP contribution in [0.25, 0.3) is 0 Å². The molecule has 0 aromatic carbocycles. The lowest BCUT2D eigenvalue weighted by Crippen LogP contribution is -2.49. The molecular weight excluding hydrogens is 268 g/mol. The molecule has 1 heterocycles. The zero-order valence-corrected chi connectivity index (χ0v) is 12.4. The Bertz CT molecular complexity index is 340. The number of hydrogen-bond donors (Lipinski definition) is 2. The summed E-state index contributed by atoms with van der Waals surface area (Å²) in [6.07, 6.45) is 2.22. The first-order valence-corrected chi connectivity index (χ1v) is 7.71. The number of carboxylic acid groups (broad SMARTS) is 1. The number of aliphatic hydroxyl groups excluding tert-OH is 1. The Kier molecular flexibility index (Phi) is 5.93. The van der Waals surface area contributed by atoms with Gasteiger partial charge in [-0.2, -0.15) is 11.8 Å². The molecule has 0 aromatic rings. The molecule has 0 bridgehead atoms. The zero-order chi connectivity index (χ0) is 14.6. The van der Waals surface area contributed by atoms with Gasteiger partial charge in [0.2, 0.25) is 0 Å². The van der Waals surface area contributed by atoms with Crippen LogP contribution >= 0.6 is 11.8 Å². The maximum absolute atomic E-state index is 12.3. The number of urea groups is 1. The second-order valence-electron chi connectivity index (χ2n) is 4.92. The fraction of sp³-hybridized carbons (Fsp3) is 0.833. The number of rotatable bonds is 5. The molecule has 7 heteroatoms. The van der Waals surface area contributed by atoms with Crippen LogP contribution in [0.1, 0.15) is 19.8 Å². The van der Waals surface area contributed by atoms with Crippen LogP contribution in [0, 0.1) is 0 Å². The molecule has 0 aromatic heterocycles. The summed E-state index contributed by atoms with van der Waals surface area (Å²) in [5, 5.41) is 18.6. The number of hydrogen-bond acceptors (Lipinski definition) is 4. The number of aliphatic hydroxyl groups is 1. The highest BCUT2D eigenvalue weighted by atomic mass is 32.2. The number of carbonyl (C=O) groups excluding carboxylic acids is 1. The molecule has 1 rings (SSSR count). The fourth-order valence-corrected chi connectivity index (χ4v) is 2.71. The van der Waals surface area contributed by atoms with E-state index in [2.05, 4.69) is 0 Å². The van der Waals surface area contributed by atoms with E-state index in [0.717, 1.165) is 12.2 Å². The topological polar surface area (TPSA) is 81.1 Å². The van der Waals surface area contributed by atoms with E-state index in [1.54, 1.807) is 23.7 Å². The minimum atomic E-state index is -1.06. The van der Waals surface area contributed by atoms with Crippen molar-refractivity contribution in [2.45, 2.75) is 38.0 Å². The van der Waals surface area contributed by atoms with E-state index in [9.17, 15) is 14.7 Å². The van der Waals surface area contributed by atoms with Crippen molar-refractivity contribution in [1.29, 1.82) is 0 Å². The van der Waals surface area contributed by atoms with Crippen LogP contribution < -0.4 is 0 Å². The van der Waals surface area contributed by atoms with E-state index in [1.807, 2.05) is 13.2 Å². The van der Waals surface area contributed by atoms with Gasteiger partial charge in [0, 0.05) is 26.1 Å². The van der Waals surface area contributed by atoms with Gasteiger partial charge in [0.1, 0.15) is 6.04 Å². The van der Waals surface area contributed by atoms with Crippen LogP contribution in [-0.2, 0) is 4.79 Å². The Hall–Kier alpha value is -0.950. The van der Waals surface area contributed by atoms with Crippen molar-refractivity contribution >= 4 is 23.8 Å². The number of likely N-dealkylation sites (tertiary alicyclic amines) is 1. The highest BCUT2D eigenvalue weighted by Gasteiger charge is 2.40. The van der Waals surface area contributed by atoms with Crippen LogP contribution in [0.2, 0.25) is 0 Å². The SMILES string of the molecule is CSCCC(C)N(C)C(=O)N1C[C@@H](O)C[C@H]1C(=O)O. The monoisotopic (exact) mass is 290 g/mol. The van der Waals surface area contributed by atoms with Crippen molar-refractivity contribution in [1.82, 2.24) is 9.80 Å². The van der Waals surface area contributed by atoms with E-state index in [4.69, 9.17) is 5.11 Å². The number of carboxylic acids is 1. The van der Waals surface area contributed by atoms with Crippen molar-refractivity contribution < 1.29 is 19.8 Å². The first-order chi connectivity index (χ1) is 8.88. The third-order valence-corrected chi connectivity index (χ3v) is 4.16. The Morgan fingerprint density at radius 3 is 2.68 bits per heavy atom. The van der Waals surface area contributed by atoms with E-state index < -0.39 is 18.1 Å². The normalized spacial score (nSPS) is 24.3. The van der Waals surface area contributed by atoms with Crippen molar-refractivity contribution in [3.8, 4) is 0 Å². The van der Waals surface area contributed by atoms with Crippen LogP contribution in [0.3, 0.4) is 0 Å². The number of carbonyl (C=O) groups is 2. The van der Waals surface area contributed by atoms with Crippen LogP contribution in [0.4, 0.5) is 4.79 Å². The van der Waals surface area contributed by atoms with Crippen LogP contribution in [-0.4, -0.2) is 75.8 Å². The van der Waals surface area contributed by atoms with Crippen molar-refractivity contribution in [2.24, 2.45) is 0 Å². The molecule has 3 atom stereocenters. The predicted molar refractivity (Wildman–Crippen MR) is 74.4 cm³/mol. The minimum absolute atomic E-state index is 0.0483. The fourth-order valence-electron chi connectivity index (χ4n) is 2.13. The number of amides is 2. The summed E-state index contributed by atoms with van der Waals surface area (Å²) >= 11 is 1.71. The van der Waals surface area contributed by atoms with Gasteiger partial charge in [-0.05, 0) is 25.4 Å². The average Bonchev–Trinajstić information content (AvgIpc) is 2.76. The van der Waals surface area contributed by atoms with Crippen molar-refractivity contribution in [3.05, 3.63) is 0 Å². The number of nitrogens with zero attached hydrogens (tertiary/aromatic N) is 2. The summed E-state index contributed by atoms with van der Waals surface area (Å²) in [4.78, 5) is 26.2. The summed E-state index contributed by atoms with van der Waals surface area (Å²) in [6, 6.07) is -1.19. The minimum Gasteiger partial charge on any atom is -0.480 e. The lowest BCUT2D eigenvalue weighted by Gasteiger charge is -2.31. The van der Waals surface area contributed by atoms with Crippen LogP contribution in [0.15, 0.2) is 0 Å². The Morgan fingerprint density at radius 1 is 1.53 bits per heavy atom. The van der Waals surface area contributed by atoms with Gasteiger partial charge in [0.15, 0.2) is 0 Å². The average molecular weight is 290 g/mol. The van der Waals surface area contributed by atoms with Gasteiger partial charge < -0.3 is 20.0 Å². The summed E-state index contributed by atoms with van der Waals surface area (Å²) in [5.74, 6) is -0.112. The molecule has 0 saturated carbocycles. The molecule has 110 valence electrons. The molecule has 1 fully saturated rings. The molecule has 6 nitrogen and oxygen atoms in total. The second-order valence-corrected chi connectivity index (χ2v) is 5.91. The van der Waals surface area contributed by atoms with Crippen molar-refractivity contribution in [3.63, 3.8) is 0 Å². The smallest absolute Gasteiger partial charge is 0.326 e. The molecule has 1 unspecified atom stereocenters. The van der Waals surface area contributed by atoms with E-state index in [1.165, 1.54) is 4.90 Å². The molecule has 2 amide bonds. The number of β-amino-alcohol motifs (C(OH)–C–C–N with tert-alkyl or cyclic N) is 1. The van der Waals surface area contributed by atoms with Gasteiger partial charge in [0.25, 0.3) is 0 Å². The summed E-state index contributed by atoms with van der Waals surface area (Å²) in [7, 11) is 1.68. The zero-order valence-electron chi connectivity index (χ0n) is 11.6. The summed E-state index contributed by atoms with van der Waals surface area (Å²) in [5.41, 5.74) is 0. The van der Waals surface area contributed by atoms with Gasteiger partial charge in [-0.3, -0.25) is 0 Å². The van der Waals surface area contributed by atoms with Crippen LogP contribution in [0.5, 0.6) is 0 Å². The molecule has 0 aliphatic carbocycles. The number of thioether (sulfide) groups is 1. The quantitative estimate of drug-likeness (QED) is 0.779. The molecule has 0 radical (unpaired) electrons. The Labute approximate surface area is 117 Å².